The van der Waals surface area contributed by atoms with Gasteiger partial charge in [-0.1, -0.05) is 54.0 Å². The molecule has 2 aromatic carbocycles. The van der Waals surface area contributed by atoms with Crippen molar-refractivity contribution in [3.63, 3.8) is 0 Å². The molecule has 0 aliphatic carbocycles. The molecule has 0 atom stereocenters. The van der Waals surface area contributed by atoms with Crippen LogP contribution in [0.5, 0.6) is 11.5 Å². The molecule has 0 amide bonds. The fourth-order valence-electron chi connectivity index (χ4n) is 1.29. The van der Waals surface area contributed by atoms with E-state index in [0.717, 1.165) is 16.5 Å². The predicted molar refractivity (Wildman–Crippen MR) is 120 cm³/mol. The van der Waals surface area contributed by atoms with Crippen molar-refractivity contribution in [3.8, 4) is 11.5 Å². The first-order chi connectivity index (χ1) is 11.8. The van der Waals surface area contributed by atoms with Crippen molar-refractivity contribution in [1.29, 1.82) is 0 Å². The van der Waals surface area contributed by atoms with Crippen molar-refractivity contribution in [2.75, 3.05) is 0 Å². The molecule has 0 aromatic heterocycles. The molecule has 0 unspecified atom stereocenters. The SMILES string of the molecule is BrP(Br)Br.OCc1cccc(O)c1.Oc1cccc(CBr)c1.[2H]CC. The van der Waals surface area contributed by atoms with Gasteiger partial charge in [0.05, 0.1) is 6.61 Å². The zero-order valence-electron chi connectivity index (χ0n) is 14.0. The van der Waals surface area contributed by atoms with Gasteiger partial charge in [-0.2, -0.15) is 0 Å². The fourth-order valence-corrected chi connectivity index (χ4v) is 1.64. The van der Waals surface area contributed by atoms with Crippen molar-refractivity contribution in [1.82, 2.24) is 0 Å². The predicted octanol–water partition coefficient (Wildman–Crippen LogP) is 7.60. The molecule has 2 aromatic rings. The minimum atomic E-state index is -0.183. The normalized spacial score (nSPS) is 9.38. The summed E-state index contributed by atoms with van der Waals surface area (Å²) in [5.41, 5.74) is 1.82. The van der Waals surface area contributed by atoms with Gasteiger partial charge in [0, 0.05) is 6.70 Å². The van der Waals surface area contributed by atoms with Gasteiger partial charge in [-0.25, -0.2) is 0 Å². The van der Waals surface area contributed by atoms with Crippen LogP contribution in [0, 0.1) is 0 Å². The minimum Gasteiger partial charge on any atom is -0.508 e. The molecule has 0 saturated carbocycles. The van der Waals surface area contributed by atoms with Gasteiger partial charge in [0.15, 0.2) is 0 Å². The summed E-state index contributed by atoms with van der Waals surface area (Å²) in [6.45, 7) is 2.27. The Morgan fingerprint density at radius 3 is 1.58 bits per heavy atom. The molecular formula is C16H21Br4O3P. The number of aromatic hydroxyl groups is 2. The highest BCUT2D eigenvalue weighted by atomic mass is 80.0. The van der Waals surface area contributed by atoms with E-state index >= 15 is 0 Å². The van der Waals surface area contributed by atoms with Gasteiger partial charge in [0.2, 0.25) is 0 Å². The lowest BCUT2D eigenvalue weighted by molar-refractivity contribution is 0.281. The first-order valence-electron chi connectivity index (χ1n) is 7.30. The van der Waals surface area contributed by atoms with Crippen LogP contribution in [-0.2, 0) is 11.9 Å². The smallest absolute Gasteiger partial charge is 0.115 e. The summed E-state index contributed by atoms with van der Waals surface area (Å²) < 4.78 is 6.03. The molecular weight excluding hydrogens is 591 g/mol. The number of phenolic OH excluding ortho intramolecular Hbond substituents is 2. The topological polar surface area (TPSA) is 60.7 Å². The standard InChI is InChI=1S/C7H7BrO.C7H8O2.C2H6.Br3P/c2*8-5-6-2-1-3-7(9)4-6;1-2;1-4(2)3/h1-4,9H,5H2;1-4,8-9H,5H2;1-2H3;/i;;1D;. The molecule has 2 rings (SSSR count). The molecule has 0 spiro atoms. The van der Waals surface area contributed by atoms with Crippen molar-refractivity contribution in [2.24, 2.45) is 0 Å². The van der Waals surface area contributed by atoms with Crippen LogP contribution in [0.4, 0.5) is 0 Å². The average Bonchev–Trinajstić information content (AvgIpc) is 2.55. The second kappa shape index (κ2) is 18.2. The Bertz CT molecular complexity index is 514. The van der Waals surface area contributed by atoms with E-state index in [0.29, 0.717) is 12.6 Å². The van der Waals surface area contributed by atoms with Gasteiger partial charge in [-0.05, 0) is 81.9 Å². The lowest BCUT2D eigenvalue weighted by Gasteiger charge is -1.93. The van der Waals surface area contributed by atoms with Crippen molar-refractivity contribution in [2.45, 2.75) is 25.8 Å². The van der Waals surface area contributed by atoms with Gasteiger partial charge in [-0.3, -0.25) is 0 Å². The number of alkyl halides is 1. The Kier molecular flexibility index (Phi) is 18.4. The Balaban J connectivity index is 0. The van der Waals surface area contributed by atoms with E-state index in [-0.39, 0.29) is 16.4 Å². The van der Waals surface area contributed by atoms with Crippen LogP contribution < -0.4 is 0 Å². The van der Waals surface area contributed by atoms with Gasteiger partial charge in [0.1, 0.15) is 15.5 Å². The molecule has 3 N–H and O–H groups in total. The molecule has 0 aliphatic heterocycles. The molecule has 0 aliphatic rings. The number of hydrogen-bond donors (Lipinski definition) is 3. The summed E-state index contributed by atoms with van der Waals surface area (Å²) >= 11 is 12.8. The third-order valence-electron chi connectivity index (χ3n) is 2.16. The van der Waals surface area contributed by atoms with Crippen LogP contribution >= 0.6 is 66.4 Å². The third kappa shape index (κ3) is 17.2. The molecule has 24 heavy (non-hydrogen) atoms. The number of hydrogen-bond acceptors (Lipinski definition) is 3. The van der Waals surface area contributed by atoms with Crippen LogP contribution in [-0.4, -0.2) is 15.3 Å². The summed E-state index contributed by atoms with van der Waals surface area (Å²) in [7, 11) is 0. The molecule has 0 saturated heterocycles. The van der Waals surface area contributed by atoms with E-state index in [1.165, 1.54) is 6.07 Å². The minimum absolute atomic E-state index is 0.0194. The maximum absolute atomic E-state index is 8.92. The van der Waals surface area contributed by atoms with Gasteiger partial charge < -0.3 is 15.3 Å². The zero-order valence-corrected chi connectivity index (χ0v) is 20.3. The molecule has 0 radical (unpaired) electrons. The maximum atomic E-state index is 8.92. The number of benzene rings is 2. The summed E-state index contributed by atoms with van der Waals surface area (Å²) in [5.74, 6) is 0.522. The Morgan fingerprint density at radius 2 is 1.33 bits per heavy atom. The number of rotatable bonds is 2. The fraction of sp³-hybridized carbons (Fsp3) is 0.250. The van der Waals surface area contributed by atoms with E-state index in [1.807, 2.05) is 12.1 Å². The Labute approximate surface area is 179 Å². The highest BCUT2D eigenvalue weighted by Gasteiger charge is 1.89. The van der Waals surface area contributed by atoms with Crippen molar-refractivity contribution in [3.05, 3.63) is 59.7 Å². The zero-order chi connectivity index (χ0) is 19.7. The second-order valence-electron chi connectivity index (χ2n) is 3.82. The van der Waals surface area contributed by atoms with E-state index in [4.69, 9.17) is 16.7 Å². The number of aliphatic hydroxyl groups excluding tert-OH is 1. The molecule has 0 heterocycles. The summed E-state index contributed by atoms with van der Waals surface area (Å²) in [4.78, 5) is 0. The first kappa shape index (κ1) is 24.4. The summed E-state index contributed by atoms with van der Waals surface area (Å²) in [6, 6.07) is 13.7. The quantitative estimate of drug-likeness (QED) is 0.242. The van der Waals surface area contributed by atoms with Crippen LogP contribution in [0.2, 0.25) is 0 Å². The van der Waals surface area contributed by atoms with Crippen LogP contribution in [0.3, 0.4) is 0 Å². The highest BCUT2D eigenvalue weighted by Crippen LogP contribution is 2.59. The molecule has 3 nitrogen and oxygen atoms in total. The molecule has 136 valence electrons. The Morgan fingerprint density at radius 1 is 0.958 bits per heavy atom. The van der Waals surface area contributed by atoms with Gasteiger partial charge in [-0.15, -0.1) is 0 Å². The third-order valence-corrected chi connectivity index (χ3v) is 2.81. The van der Waals surface area contributed by atoms with Gasteiger partial charge >= 0.3 is 0 Å². The molecule has 0 bridgehead atoms. The van der Waals surface area contributed by atoms with Crippen molar-refractivity contribution >= 4 is 66.4 Å². The average molecular weight is 613 g/mol. The monoisotopic (exact) mass is 609 g/mol. The molecule has 0 fully saturated rings. The van der Waals surface area contributed by atoms with E-state index in [9.17, 15) is 0 Å². The Hall–Kier alpha value is 0.350. The van der Waals surface area contributed by atoms with E-state index in [1.54, 1.807) is 37.3 Å². The highest BCUT2D eigenvalue weighted by molar-refractivity contribution is 9.93. The van der Waals surface area contributed by atoms with E-state index < -0.39 is 0 Å². The van der Waals surface area contributed by atoms with E-state index in [2.05, 4.69) is 62.4 Å². The lowest BCUT2D eigenvalue weighted by atomic mass is 10.2. The van der Waals surface area contributed by atoms with Crippen LogP contribution in [0.1, 0.15) is 26.3 Å². The first-order valence-corrected chi connectivity index (χ1v) is 15.1. The number of aliphatic hydroxyl groups is 1. The van der Waals surface area contributed by atoms with Crippen LogP contribution in [0.25, 0.3) is 0 Å². The van der Waals surface area contributed by atoms with Crippen molar-refractivity contribution < 1.29 is 16.7 Å². The number of halogens is 4. The second-order valence-corrected chi connectivity index (χ2v) is 19.7. The molecule has 8 heteroatoms. The van der Waals surface area contributed by atoms with Gasteiger partial charge in [0.25, 0.3) is 0 Å². The van der Waals surface area contributed by atoms with Crippen LogP contribution in [0.15, 0.2) is 48.5 Å². The maximum Gasteiger partial charge on any atom is 0.115 e. The number of phenols is 2. The summed E-state index contributed by atoms with van der Waals surface area (Å²) in [6.07, 6.45) is 0. The summed E-state index contributed by atoms with van der Waals surface area (Å²) in [5, 5.41) is 27.1. The largest absolute Gasteiger partial charge is 0.508 e. The lowest BCUT2D eigenvalue weighted by Crippen LogP contribution is -1.79.